The van der Waals surface area contributed by atoms with Gasteiger partial charge in [-0.15, -0.1) is 0 Å². The molecule has 0 aliphatic rings. The molecule has 154 valence electrons. The fourth-order valence-corrected chi connectivity index (χ4v) is 2.89. The second-order valence-corrected chi connectivity index (χ2v) is 7.07. The van der Waals surface area contributed by atoms with Gasteiger partial charge in [-0.3, -0.25) is 19.2 Å². The second kappa shape index (κ2) is 8.20. The molecule has 0 spiro atoms. The summed E-state index contributed by atoms with van der Waals surface area (Å²) in [5.41, 5.74) is 1.71. The smallest absolute Gasteiger partial charge is 0.274 e. The standard InChI is InChI=1S/C22H22N4O4/c1-13-9-11-25(3)21(29)17(13)23-19(27)15-5-7-16(8-6-15)20(28)24-18-14(2)10-12-26(4)22(18)30/h5-12H,1-4H3,(H,23,27)(H,24,28). The Morgan fingerprint density at radius 1 is 0.667 bits per heavy atom. The monoisotopic (exact) mass is 406 g/mol. The SMILES string of the molecule is Cc1ccn(C)c(=O)c1NC(=O)c1ccc(C(=O)Nc2c(C)ccn(C)c2=O)cc1. The number of benzene rings is 1. The van der Waals surface area contributed by atoms with E-state index in [2.05, 4.69) is 10.6 Å². The lowest BCUT2D eigenvalue weighted by molar-refractivity contribution is 0.101. The van der Waals surface area contributed by atoms with Crippen molar-refractivity contribution in [2.45, 2.75) is 13.8 Å². The first kappa shape index (κ1) is 20.8. The summed E-state index contributed by atoms with van der Waals surface area (Å²) < 4.78 is 2.76. The highest BCUT2D eigenvalue weighted by atomic mass is 16.2. The zero-order valence-corrected chi connectivity index (χ0v) is 17.1. The lowest BCUT2D eigenvalue weighted by atomic mass is 10.1. The molecule has 30 heavy (non-hydrogen) atoms. The number of nitrogens with one attached hydrogen (secondary N) is 2. The molecule has 8 heteroatoms. The molecule has 0 bridgehead atoms. The average molecular weight is 406 g/mol. The molecular weight excluding hydrogens is 384 g/mol. The molecule has 2 aromatic heterocycles. The molecule has 3 aromatic rings. The Hall–Kier alpha value is -3.94. The summed E-state index contributed by atoms with van der Waals surface area (Å²) in [4.78, 5) is 49.5. The van der Waals surface area contributed by atoms with Crippen molar-refractivity contribution in [1.82, 2.24) is 9.13 Å². The summed E-state index contributed by atoms with van der Waals surface area (Å²) >= 11 is 0. The summed E-state index contributed by atoms with van der Waals surface area (Å²) in [6, 6.07) is 9.43. The lowest BCUT2D eigenvalue weighted by Gasteiger charge is -2.11. The van der Waals surface area contributed by atoms with Gasteiger partial charge in [0, 0.05) is 37.6 Å². The van der Waals surface area contributed by atoms with E-state index in [0.717, 1.165) is 0 Å². The quantitative estimate of drug-likeness (QED) is 0.693. The summed E-state index contributed by atoms with van der Waals surface area (Å²) in [6.07, 6.45) is 3.25. The minimum Gasteiger partial charge on any atom is -0.317 e. The largest absolute Gasteiger partial charge is 0.317 e. The van der Waals surface area contributed by atoms with Crippen molar-refractivity contribution in [3.63, 3.8) is 0 Å². The van der Waals surface area contributed by atoms with Crippen LogP contribution >= 0.6 is 0 Å². The van der Waals surface area contributed by atoms with Crippen LogP contribution in [0.1, 0.15) is 31.8 Å². The van der Waals surface area contributed by atoms with E-state index in [1.54, 1.807) is 52.5 Å². The number of aromatic nitrogens is 2. The lowest BCUT2D eigenvalue weighted by Crippen LogP contribution is -2.25. The van der Waals surface area contributed by atoms with Crippen LogP contribution in [0.3, 0.4) is 0 Å². The molecule has 0 atom stereocenters. The van der Waals surface area contributed by atoms with Crippen molar-refractivity contribution in [3.8, 4) is 0 Å². The second-order valence-electron chi connectivity index (χ2n) is 7.07. The van der Waals surface area contributed by atoms with Gasteiger partial charge in [0.25, 0.3) is 22.9 Å². The summed E-state index contributed by atoms with van der Waals surface area (Å²) in [7, 11) is 3.21. The van der Waals surface area contributed by atoms with E-state index >= 15 is 0 Å². The number of hydrogen-bond donors (Lipinski definition) is 2. The van der Waals surface area contributed by atoms with Gasteiger partial charge in [0.1, 0.15) is 11.4 Å². The summed E-state index contributed by atoms with van der Waals surface area (Å²) in [5.74, 6) is -0.915. The fourth-order valence-electron chi connectivity index (χ4n) is 2.89. The van der Waals surface area contributed by atoms with Crippen LogP contribution in [0, 0.1) is 13.8 Å². The number of anilines is 2. The first-order valence-corrected chi connectivity index (χ1v) is 9.24. The zero-order chi connectivity index (χ0) is 22.0. The molecule has 0 unspecified atom stereocenters. The number of amides is 2. The molecule has 2 N–H and O–H groups in total. The molecule has 1 aromatic carbocycles. The molecule has 0 aliphatic heterocycles. The number of aryl methyl sites for hydroxylation is 4. The Morgan fingerprint density at radius 2 is 1.00 bits per heavy atom. The number of rotatable bonds is 4. The van der Waals surface area contributed by atoms with E-state index in [1.165, 1.54) is 33.4 Å². The summed E-state index contributed by atoms with van der Waals surface area (Å²) in [6.45, 7) is 3.47. The Labute approximate surface area is 172 Å². The van der Waals surface area contributed by atoms with Gasteiger partial charge in [0.05, 0.1) is 0 Å². The zero-order valence-electron chi connectivity index (χ0n) is 17.1. The highest BCUT2D eigenvalue weighted by Gasteiger charge is 2.14. The van der Waals surface area contributed by atoms with Crippen molar-refractivity contribution in [3.05, 3.63) is 91.8 Å². The van der Waals surface area contributed by atoms with Crippen molar-refractivity contribution < 1.29 is 9.59 Å². The summed E-state index contributed by atoms with van der Waals surface area (Å²) in [5, 5.41) is 5.26. The van der Waals surface area contributed by atoms with Crippen LogP contribution in [0.4, 0.5) is 11.4 Å². The Kier molecular flexibility index (Phi) is 5.68. The highest BCUT2D eigenvalue weighted by molar-refractivity contribution is 6.07. The minimum atomic E-state index is -0.457. The number of nitrogens with zero attached hydrogens (tertiary/aromatic N) is 2. The van der Waals surface area contributed by atoms with E-state index in [0.29, 0.717) is 22.3 Å². The first-order valence-electron chi connectivity index (χ1n) is 9.24. The molecule has 2 heterocycles. The van der Waals surface area contributed by atoms with Gasteiger partial charge in [-0.05, 0) is 61.4 Å². The van der Waals surface area contributed by atoms with Gasteiger partial charge in [-0.2, -0.15) is 0 Å². The predicted molar refractivity (Wildman–Crippen MR) is 115 cm³/mol. The van der Waals surface area contributed by atoms with Gasteiger partial charge in [-0.1, -0.05) is 0 Å². The van der Waals surface area contributed by atoms with Gasteiger partial charge in [0.2, 0.25) is 0 Å². The molecule has 8 nitrogen and oxygen atoms in total. The van der Waals surface area contributed by atoms with E-state index < -0.39 is 11.8 Å². The molecule has 0 aliphatic carbocycles. The number of pyridine rings is 2. The van der Waals surface area contributed by atoms with Crippen LogP contribution < -0.4 is 21.8 Å². The molecule has 3 rings (SSSR count). The number of hydrogen-bond acceptors (Lipinski definition) is 4. The van der Waals surface area contributed by atoms with Crippen molar-refractivity contribution >= 4 is 23.2 Å². The third kappa shape index (κ3) is 4.07. The first-order chi connectivity index (χ1) is 14.2. The average Bonchev–Trinajstić information content (AvgIpc) is 2.74. The van der Waals surface area contributed by atoms with E-state index in [4.69, 9.17) is 0 Å². The van der Waals surface area contributed by atoms with Crippen LogP contribution in [0.5, 0.6) is 0 Å². The van der Waals surface area contributed by atoms with Crippen LogP contribution in [-0.4, -0.2) is 20.9 Å². The minimum absolute atomic E-state index is 0.210. The third-order valence-corrected chi connectivity index (χ3v) is 4.84. The molecule has 0 saturated heterocycles. The Bertz CT molecular complexity index is 1160. The highest BCUT2D eigenvalue weighted by Crippen LogP contribution is 2.13. The topological polar surface area (TPSA) is 102 Å². The van der Waals surface area contributed by atoms with Gasteiger partial charge in [0.15, 0.2) is 0 Å². The van der Waals surface area contributed by atoms with Gasteiger partial charge < -0.3 is 19.8 Å². The third-order valence-electron chi connectivity index (χ3n) is 4.84. The van der Waals surface area contributed by atoms with E-state index in [9.17, 15) is 19.2 Å². The van der Waals surface area contributed by atoms with E-state index in [-0.39, 0.29) is 22.5 Å². The van der Waals surface area contributed by atoms with Crippen LogP contribution in [0.2, 0.25) is 0 Å². The molecule has 0 fully saturated rings. The molecular formula is C22H22N4O4. The van der Waals surface area contributed by atoms with Crippen LogP contribution in [0.25, 0.3) is 0 Å². The molecule has 0 radical (unpaired) electrons. The molecule has 2 amide bonds. The maximum absolute atomic E-state index is 12.5. The maximum Gasteiger partial charge on any atom is 0.274 e. The van der Waals surface area contributed by atoms with Crippen molar-refractivity contribution in [2.24, 2.45) is 14.1 Å². The van der Waals surface area contributed by atoms with Gasteiger partial charge in [-0.25, -0.2) is 0 Å². The Balaban J connectivity index is 1.78. The fraction of sp³-hybridized carbons (Fsp3) is 0.182. The number of carbonyl (C=O) groups is 2. The number of carbonyl (C=O) groups excluding carboxylic acids is 2. The van der Waals surface area contributed by atoms with Crippen molar-refractivity contribution in [2.75, 3.05) is 10.6 Å². The normalized spacial score (nSPS) is 10.5. The molecule has 0 saturated carbocycles. The van der Waals surface area contributed by atoms with Crippen LogP contribution in [-0.2, 0) is 14.1 Å². The van der Waals surface area contributed by atoms with Crippen molar-refractivity contribution in [1.29, 1.82) is 0 Å². The Morgan fingerprint density at radius 3 is 1.33 bits per heavy atom. The van der Waals surface area contributed by atoms with Crippen LogP contribution in [0.15, 0.2) is 58.4 Å². The maximum atomic E-state index is 12.5. The van der Waals surface area contributed by atoms with E-state index in [1.807, 2.05) is 0 Å². The van der Waals surface area contributed by atoms with Gasteiger partial charge >= 0.3 is 0 Å². The predicted octanol–water partition coefficient (Wildman–Crippen LogP) is 2.21.